The highest BCUT2D eigenvalue weighted by Gasteiger charge is 2.00. The lowest BCUT2D eigenvalue weighted by molar-refractivity contribution is 0.313. The van der Waals surface area contributed by atoms with E-state index in [1.807, 2.05) is 54.9 Å². The quantitative estimate of drug-likeness (QED) is 0.364. The van der Waals surface area contributed by atoms with Crippen LogP contribution in [0.25, 0.3) is 11.1 Å². The second-order valence-corrected chi connectivity index (χ2v) is 6.50. The van der Waals surface area contributed by atoms with Crippen LogP contribution in [0.5, 0.6) is 5.75 Å². The average Bonchev–Trinajstić information content (AvgIpc) is 2.70. The lowest BCUT2D eigenvalue weighted by atomic mass is 10.1. The highest BCUT2D eigenvalue weighted by atomic mass is 32.2. The van der Waals surface area contributed by atoms with E-state index in [-0.39, 0.29) is 0 Å². The van der Waals surface area contributed by atoms with Crippen LogP contribution in [0, 0.1) is 10.7 Å². The van der Waals surface area contributed by atoms with E-state index in [0.717, 1.165) is 46.6 Å². The molecule has 5 heteroatoms. The van der Waals surface area contributed by atoms with Gasteiger partial charge in [0.1, 0.15) is 17.8 Å². The second-order valence-electron chi connectivity index (χ2n) is 5.64. The summed E-state index contributed by atoms with van der Waals surface area (Å²) in [5.41, 5.74) is 3.43. The monoisotopic (exact) mass is 361 g/mol. The minimum absolute atomic E-state index is 0.580. The average molecular weight is 361 g/mol. The molecule has 3 aromatic rings. The Kier molecular flexibility index (Phi) is 6.66. The van der Waals surface area contributed by atoms with Gasteiger partial charge in [-0.1, -0.05) is 30.3 Å². The van der Waals surface area contributed by atoms with Gasteiger partial charge in [-0.15, -0.1) is 0 Å². The van der Waals surface area contributed by atoms with E-state index in [4.69, 9.17) is 10.00 Å². The van der Waals surface area contributed by atoms with Crippen molar-refractivity contribution in [3.63, 3.8) is 0 Å². The van der Waals surface area contributed by atoms with E-state index >= 15 is 0 Å². The molecule has 4 nitrogen and oxygen atoms in total. The molecule has 0 atom stereocenters. The van der Waals surface area contributed by atoms with Gasteiger partial charge in [-0.3, -0.25) is 4.98 Å². The number of hydrogen-bond acceptors (Lipinski definition) is 5. The van der Waals surface area contributed by atoms with E-state index in [1.54, 1.807) is 0 Å². The van der Waals surface area contributed by atoms with Crippen molar-refractivity contribution in [2.75, 3.05) is 13.2 Å². The minimum atomic E-state index is 0.580. The summed E-state index contributed by atoms with van der Waals surface area (Å²) in [4.78, 5) is 5.25. The van der Waals surface area contributed by atoms with Gasteiger partial charge in [0.15, 0.2) is 0 Å². The molecule has 0 fully saturated rings. The normalized spacial score (nSPS) is 10.3. The molecular weight excluding hydrogens is 342 g/mol. The highest BCUT2D eigenvalue weighted by Crippen LogP contribution is 2.20. The summed E-state index contributed by atoms with van der Waals surface area (Å²) < 4.78 is 5.70. The van der Waals surface area contributed by atoms with Gasteiger partial charge >= 0.3 is 0 Å². The summed E-state index contributed by atoms with van der Waals surface area (Å²) >= 11 is 1.14. The van der Waals surface area contributed by atoms with Crippen molar-refractivity contribution in [1.29, 1.82) is 5.26 Å². The van der Waals surface area contributed by atoms with E-state index in [0.29, 0.717) is 6.61 Å². The number of nitriles is 1. The number of nitrogens with zero attached hydrogens (tertiary/aromatic N) is 2. The van der Waals surface area contributed by atoms with Crippen LogP contribution in [0.15, 0.2) is 78.0 Å². The van der Waals surface area contributed by atoms with Gasteiger partial charge in [-0.05, 0) is 53.2 Å². The first-order valence-electron chi connectivity index (χ1n) is 8.34. The molecule has 1 heterocycles. The molecule has 0 bridgehead atoms. The Hall–Kier alpha value is -2.81. The lowest BCUT2D eigenvalue weighted by Crippen LogP contribution is -2.20. The summed E-state index contributed by atoms with van der Waals surface area (Å²) in [5, 5.41) is 14.1. The van der Waals surface area contributed by atoms with E-state index in [1.165, 1.54) is 5.56 Å². The molecule has 0 aliphatic rings. The summed E-state index contributed by atoms with van der Waals surface area (Å²) in [7, 11) is 0. The Morgan fingerprint density at radius 2 is 1.81 bits per heavy atom. The molecule has 26 heavy (non-hydrogen) atoms. The molecule has 1 N–H and O–H groups in total. The van der Waals surface area contributed by atoms with Gasteiger partial charge in [0.05, 0.1) is 0 Å². The standard InChI is InChI=1S/C21H19N3OS/c22-16-26-21-8-6-20(7-9-21)25-11-10-23-13-17-12-19(15-24-14-17)18-4-2-1-3-5-18/h1-9,12,14-15,23H,10-11,13H2. The first kappa shape index (κ1) is 18.0. The van der Waals surface area contributed by atoms with E-state index in [2.05, 4.69) is 33.9 Å². The SMILES string of the molecule is N#CSc1ccc(OCCNCc2cncc(-c3ccccc3)c2)cc1. The summed E-state index contributed by atoms with van der Waals surface area (Å²) in [6.07, 6.45) is 3.77. The number of aromatic nitrogens is 1. The molecule has 0 saturated carbocycles. The summed E-state index contributed by atoms with van der Waals surface area (Å²) in [6.45, 7) is 2.07. The molecule has 2 aromatic carbocycles. The second kappa shape index (κ2) is 9.62. The number of thiocyanates is 1. The summed E-state index contributed by atoms with van der Waals surface area (Å²) in [6, 6.07) is 19.9. The van der Waals surface area contributed by atoms with Crippen molar-refractivity contribution in [2.45, 2.75) is 11.4 Å². The molecule has 1 aromatic heterocycles. The van der Waals surface area contributed by atoms with Crippen molar-refractivity contribution in [1.82, 2.24) is 10.3 Å². The van der Waals surface area contributed by atoms with Crippen LogP contribution in [0.3, 0.4) is 0 Å². The molecule has 0 saturated heterocycles. The van der Waals surface area contributed by atoms with Crippen LogP contribution in [0.2, 0.25) is 0 Å². The molecular formula is C21H19N3OS. The number of nitrogens with one attached hydrogen (secondary N) is 1. The number of ether oxygens (including phenoxy) is 1. The molecule has 0 amide bonds. The van der Waals surface area contributed by atoms with Crippen molar-refractivity contribution >= 4 is 11.8 Å². The maximum Gasteiger partial charge on any atom is 0.138 e. The van der Waals surface area contributed by atoms with E-state index < -0.39 is 0 Å². The van der Waals surface area contributed by atoms with Crippen LogP contribution < -0.4 is 10.1 Å². The number of hydrogen-bond donors (Lipinski definition) is 1. The number of thioether (sulfide) groups is 1. The van der Waals surface area contributed by atoms with E-state index in [9.17, 15) is 0 Å². The van der Waals surface area contributed by atoms with Crippen LogP contribution in [-0.2, 0) is 6.54 Å². The lowest BCUT2D eigenvalue weighted by Gasteiger charge is -2.09. The van der Waals surface area contributed by atoms with Crippen molar-refractivity contribution < 1.29 is 4.74 Å². The fourth-order valence-electron chi connectivity index (χ4n) is 2.50. The van der Waals surface area contributed by atoms with Crippen LogP contribution in [-0.4, -0.2) is 18.1 Å². The third-order valence-corrected chi connectivity index (χ3v) is 4.37. The first-order chi connectivity index (χ1) is 12.8. The smallest absolute Gasteiger partial charge is 0.138 e. The zero-order chi connectivity index (χ0) is 18.0. The number of pyridine rings is 1. The molecule has 0 aliphatic carbocycles. The largest absolute Gasteiger partial charge is 0.492 e. The van der Waals surface area contributed by atoms with Crippen LogP contribution in [0.1, 0.15) is 5.56 Å². The van der Waals surface area contributed by atoms with Crippen molar-refractivity contribution in [3.8, 4) is 22.3 Å². The third-order valence-electron chi connectivity index (χ3n) is 3.77. The summed E-state index contributed by atoms with van der Waals surface area (Å²) in [5.74, 6) is 0.807. The first-order valence-corrected chi connectivity index (χ1v) is 9.15. The van der Waals surface area contributed by atoms with Crippen LogP contribution >= 0.6 is 11.8 Å². The molecule has 0 spiro atoms. The van der Waals surface area contributed by atoms with Crippen molar-refractivity contribution in [2.24, 2.45) is 0 Å². The fourth-order valence-corrected chi connectivity index (χ4v) is 2.88. The van der Waals surface area contributed by atoms with Crippen molar-refractivity contribution in [3.05, 3.63) is 78.6 Å². The molecule has 0 unspecified atom stereocenters. The Bertz CT molecular complexity index is 860. The molecule has 0 aliphatic heterocycles. The Morgan fingerprint density at radius 3 is 2.58 bits per heavy atom. The van der Waals surface area contributed by atoms with Gasteiger partial charge in [0.25, 0.3) is 0 Å². The Labute approximate surface area is 157 Å². The maximum absolute atomic E-state index is 8.63. The number of benzene rings is 2. The van der Waals surface area contributed by atoms with Crippen LogP contribution in [0.4, 0.5) is 0 Å². The van der Waals surface area contributed by atoms with Gasteiger partial charge in [-0.2, -0.15) is 5.26 Å². The van der Waals surface area contributed by atoms with Gasteiger partial charge in [-0.25, -0.2) is 0 Å². The molecule has 3 rings (SSSR count). The fraction of sp³-hybridized carbons (Fsp3) is 0.143. The zero-order valence-corrected chi connectivity index (χ0v) is 15.1. The molecule has 0 radical (unpaired) electrons. The zero-order valence-electron chi connectivity index (χ0n) is 14.3. The maximum atomic E-state index is 8.63. The third kappa shape index (κ3) is 5.35. The van der Waals surface area contributed by atoms with Gasteiger partial charge in [0, 0.05) is 35.9 Å². The predicted molar refractivity (Wildman–Crippen MR) is 105 cm³/mol. The number of rotatable bonds is 8. The minimum Gasteiger partial charge on any atom is -0.492 e. The van der Waals surface area contributed by atoms with Gasteiger partial charge in [0.2, 0.25) is 0 Å². The Morgan fingerprint density at radius 1 is 1.00 bits per heavy atom. The topological polar surface area (TPSA) is 57.9 Å². The Balaban J connectivity index is 1.43. The molecule has 130 valence electrons. The highest BCUT2D eigenvalue weighted by molar-refractivity contribution is 8.03. The van der Waals surface area contributed by atoms with Gasteiger partial charge < -0.3 is 10.1 Å². The predicted octanol–water partition coefficient (Wildman–Crippen LogP) is 4.49.